The SMILES string of the molecule is CCOP(=O)(OCC)[O][Sn]([CH3])([CH3])[CH3]. The molecule has 80 valence electrons. The summed E-state index contributed by atoms with van der Waals surface area (Å²) in [5.41, 5.74) is 0. The Morgan fingerprint density at radius 2 is 1.46 bits per heavy atom. The maximum absolute atomic E-state index is 11.8. The summed E-state index contributed by atoms with van der Waals surface area (Å²) < 4.78 is 27.3. The number of hydrogen-bond donors (Lipinski definition) is 0. The van der Waals surface area contributed by atoms with Gasteiger partial charge in [-0.1, -0.05) is 0 Å². The molecule has 0 bridgehead atoms. The van der Waals surface area contributed by atoms with Gasteiger partial charge >= 0.3 is 85.0 Å². The van der Waals surface area contributed by atoms with E-state index in [0.717, 1.165) is 0 Å². The predicted molar refractivity (Wildman–Crippen MR) is 55.3 cm³/mol. The third-order valence-corrected chi connectivity index (χ3v) is 9.48. The Morgan fingerprint density at radius 3 is 1.69 bits per heavy atom. The van der Waals surface area contributed by atoms with Gasteiger partial charge in [0.2, 0.25) is 0 Å². The standard InChI is InChI=1S/C4H11O4P.3CH3.Sn/c1-3-7-9(5,6)8-4-2;;;;/h3-4H2,1-2H3,(H,5,6);3*1H3;/q;;;;+1/p-1. The molecule has 0 aliphatic heterocycles. The summed E-state index contributed by atoms with van der Waals surface area (Å²) in [5, 5.41) is 0. The van der Waals surface area contributed by atoms with E-state index in [1.807, 2.05) is 14.8 Å². The number of phosphoric acid groups is 1. The van der Waals surface area contributed by atoms with Crippen LogP contribution in [-0.2, 0) is 16.5 Å². The molecule has 0 saturated heterocycles. The molecule has 0 aliphatic rings. The Morgan fingerprint density at radius 1 is 1.08 bits per heavy atom. The van der Waals surface area contributed by atoms with Gasteiger partial charge in [-0.05, 0) is 0 Å². The van der Waals surface area contributed by atoms with Crippen LogP contribution in [0.1, 0.15) is 13.8 Å². The summed E-state index contributed by atoms with van der Waals surface area (Å²) in [5.74, 6) is 0. The molecule has 0 aliphatic carbocycles. The Labute approximate surface area is 85.0 Å². The summed E-state index contributed by atoms with van der Waals surface area (Å²) in [4.78, 5) is 6.04. The van der Waals surface area contributed by atoms with Crippen LogP contribution in [0.15, 0.2) is 0 Å². The monoisotopic (exact) mass is 318 g/mol. The van der Waals surface area contributed by atoms with E-state index in [4.69, 9.17) is 11.9 Å². The molecule has 0 spiro atoms. The summed E-state index contributed by atoms with van der Waals surface area (Å²) in [6.45, 7) is 4.23. The first-order valence-corrected chi connectivity index (χ1v) is 15.6. The van der Waals surface area contributed by atoms with E-state index in [2.05, 4.69) is 0 Å². The predicted octanol–water partition coefficient (Wildman–Crippen LogP) is 3.02. The van der Waals surface area contributed by atoms with Gasteiger partial charge in [-0.15, -0.1) is 0 Å². The second-order valence-corrected chi connectivity index (χ2v) is 18.7. The number of hydrogen-bond acceptors (Lipinski definition) is 4. The van der Waals surface area contributed by atoms with Gasteiger partial charge in [-0.2, -0.15) is 0 Å². The Bertz CT molecular complexity index is 179. The fourth-order valence-electron chi connectivity index (χ4n) is 0.742. The van der Waals surface area contributed by atoms with Gasteiger partial charge in [0, 0.05) is 0 Å². The van der Waals surface area contributed by atoms with Crippen molar-refractivity contribution in [2.45, 2.75) is 28.7 Å². The van der Waals surface area contributed by atoms with Crippen LogP contribution < -0.4 is 0 Å². The molecule has 4 nitrogen and oxygen atoms in total. The first-order chi connectivity index (χ1) is 5.83. The average Bonchev–Trinajstić information content (AvgIpc) is 1.82. The van der Waals surface area contributed by atoms with Crippen molar-refractivity contribution in [3.05, 3.63) is 0 Å². The Kier molecular flexibility index (Phi) is 6.11. The maximum atomic E-state index is 11.8. The van der Waals surface area contributed by atoms with Gasteiger partial charge in [0.1, 0.15) is 0 Å². The van der Waals surface area contributed by atoms with Crippen molar-refractivity contribution in [1.82, 2.24) is 0 Å². The molecular weight excluding hydrogens is 298 g/mol. The van der Waals surface area contributed by atoms with Gasteiger partial charge in [-0.3, -0.25) is 0 Å². The third kappa shape index (κ3) is 6.91. The Hall–Kier alpha value is 0.909. The van der Waals surface area contributed by atoms with Crippen LogP contribution in [0.4, 0.5) is 0 Å². The fraction of sp³-hybridized carbons (Fsp3) is 1.00. The van der Waals surface area contributed by atoms with Gasteiger partial charge in [-0.25, -0.2) is 0 Å². The number of rotatable bonds is 6. The molecular formula is C7H19O4PSn. The molecule has 0 N–H and O–H groups in total. The molecule has 0 saturated carbocycles. The summed E-state index contributed by atoms with van der Waals surface area (Å²) in [6.07, 6.45) is 0. The fourth-order valence-corrected chi connectivity index (χ4v) is 8.87. The van der Waals surface area contributed by atoms with Crippen LogP contribution in [0.5, 0.6) is 0 Å². The van der Waals surface area contributed by atoms with Crippen molar-refractivity contribution in [2.24, 2.45) is 0 Å². The van der Waals surface area contributed by atoms with Gasteiger partial charge in [0.25, 0.3) is 0 Å². The van der Waals surface area contributed by atoms with Gasteiger partial charge in [0.05, 0.1) is 0 Å². The molecule has 0 aromatic rings. The van der Waals surface area contributed by atoms with Crippen molar-refractivity contribution >= 4 is 26.6 Å². The Balaban J connectivity index is 4.33. The van der Waals surface area contributed by atoms with Crippen molar-refractivity contribution < 1.29 is 16.5 Å². The molecule has 13 heavy (non-hydrogen) atoms. The zero-order chi connectivity index (χ0) is 10.5. The van der Waals surface area contributed by atoms with Crippen LogP contribution in [0.3, 0.4) is 0 Å². The summed E-state index contributed by atoms with van der Waals surface area (Å²) in [6, 6.07) is 0. The van der Waals surface area contributed by atoms with Gasteiger partial charge in [0.15, 0.2) is 0 Å². The molecule has 0 aromatic heterocycles. The van der Waals surface area contributed by atoms with Crippen LogP contribution in [0.25, 0.3) is 0 Å². The van der Waals surface area contributed by atoms with E-state index in [1.165, 1.54) is 0 Å². The quantitative estimate of drug-likeness (QED) is 0.558. The van der Waals surface area contributed by atoms with E-state index < -0.39 is 26.6 Å². The number of phosphoric ester groups is 1. The first kappa shape index (κ1) is 13.9. The second kappa shape index (κ2) is 5.71. The van der Waals surface area contributed by atoms with Crippen molar-refractivity contribution in [3.8, 4) is 0 Å². The molecule has 0 atom stereocenters. The van der Waals surface area contributed by atoms with E-state index in [9.17, 15) is 4.57 Å². The van der Waals surface area contributed by atoms with Crippen LogP contribution in [0, 0.1) is 0 Å². The molecule has 0 fully saturated rings. The van der Waals surface area contributed by atoms with Crippen LogP contribution >= 0.6 is 7.82 Å². The van der Waals surface area contributed by atoms with Crippen molar-refractivity contribution in [1.29, 1.82) is 0 Å². The molecule has 0 heterocycles. The van der Waals surface area contributed by atoms with Crippen LogP contribution in [0.2, 0.25) is 14.8 Å². The second-order valence-electron chi connectivity index (χ2n) is 3.49. The zero-order valence-corrected chi connectivity index (χ0v) is 12.7. The normalized spacial score (nSPS) is 13.3. The molecule has 0 radical (unpaired) electrons. The minimum atomic E-state index is -3.25. The van der Waals surface area contributed by atoms with Gasteiger partial charge < -0.3 is 0 Å². The summed E-state index contributed by atoms with van der Waals surface area (Å²) >= 11 is -2.57. The van der Waals surface area contributed by atoms with Crippen molar-refractivity contribution in [2.75, 3.05) is 13.2 Å². The minimum absolute atomic E-state index is 0.346. The van der Waals surface area contributed by atoms with Crippen molar-refractivity contribution in [3.63, 3.8) is 0 Å². The zero-order valence-electron chi connectivity index (χ0n) is 8.99. The topological polar surface area (TPSA) is 44.8 Å². The average molecular weight is 317 g/mol. The molecule has 0 unspecified atom stereocenters. The first-order valence-electron chi connectivity index (χ1n) is 4.43. The van der Waals surface area contributed by atoms with Crippen LogP contribution in [-0.4, -0.2) is 32.0 Å². The van der Waals surface area contributed by atoms with E-state index in [1.54, 1.807) is 13.8 Å². The third-order valence-electron chi connectivity index (χ3n) is 0.960. The van der Waals surface area contributed by atoms with E-state index >= 15 is 0 Å². The molecule has 0 rings (SSSR count). The van der Waals surface area contributed by atoms with E-state index in [-0.39, 0.29) is 0 Å². The molecule has 0 amide bonds. The molecule has 6 heteroatoms. The van der Waals surface area contributed by atoms with E-state index in [0.29, 0.717) is 13.2 Å². The summed E-state index contributed by atoms with van der Waals surface area (Å²) in [7, 11) is -3.25. The molecule has 0 aromatic carbocycles.